The van der Waals surface area contributed by atoms with Crippen LogP contribution in [-0.2, 0) is 9.47 Å². The molecule has 0 fully saturated rings. The second-order valence-electron chi connectivity index (χ2n) is 4.99. The first-order valence-electron chi connectivity index (χ1n) is 7.76. The Kier molecular flexibility index (Phi) is 9.17. The molecule has 0 amide bonds. The lowest BCUT2D eigenvalue weighted by Crippen LogP contribution is -2.43. The molecule has 0 saturated heterocycles. The molecule has 2 unspecified atom stereocenters. The Hall–Kier alpha value is -1.01. The first-order valence-corrected chi connectivity index (χ1v) is 7.76. The van der Waals surface area contributed by atoms with Gasteiger partial charge in [-0.2, -0.15) is 0 Å². The quantitative estimate of drug-likeness (QED) is 0.631. The zero-order valence-electron chi connectivity index (χ0n) is 13.5. The second-order valence-corrected chi connectivity index (χ2v) is 4.99. The van der Waals surface area contributed by atoms with Gasteiger partial charge in [-0.3, -0.25) is 9.88 Å². The molecule has 2 N–H and O–H groups in total. The molecule has 1 aromatic heterocycles. The van der Waals surface area contributed by atoms with Gasteiger partial charge in [0, 0.05) is 38.5 Å². The van der Waals surface area contributed by atoms with Gasteiger partial charge in [0.25, 0.3) is 0 Å². The molecule has 0 aliphatic heterocycles. The maximum Gasteiger partial charge on any atom is 0.0672 e. The van der Waals surface area contributed by atoms with E-state index in [0.717, 1.165) is 32.0 Å². The number of nitrogens with two attached hydrogens (primary N) is 1. The summed E-state index contributed by atoms with van der Waals surface area (Å²) in [7, 11) is 0. The van der Waals surface area contributed by atoms with Crippen molar-refractivity contribution < 1.29 is 9.47 Å². The summed E-state index contributed by atoms with van der Waals surface area (Å²) in [5.74, 6) is 0. The van der Waals surface area contributed by atoms with Gasteiger partial charge in [0.15, 0.2) is 0 Å². The summed E-state index contributed by atoms with van der Waals surface area (Å²) in [4.78, 5) is 6.78. The van der Waals surface area contributed by atoms with Gasteiger partial charge in [-0.05, 0) is 32.9 Å². The van der Waals surface area contributed by atoms with E-state index in [9.17, 15) is 0 Å². The van der Waals surface area contributed by atoms with Crippen molar-refractivity contribution in [2.75, 3.05) is 39.5 Å². The van der Waals surface area contributed by atoms with Gasteiger partial charge in [-0.1, -0.05) is 6.07 Å². The van der Waals surface area contributed by atoms with Gasteiger partial charge in [0.2, 0.25) is 0 Å². The number of pyridine rings is 1. The summed E-state index contributed by atoms with van der Waals surface area (Å²) >= 11 is 0. The van der Waals surface area contributed by atoms with Crippen LogP contribution in [0.1, 0.15) is 32.5 Å². The van der Waals surface area contributed by atoms with E-state index in [0.29, 0.717) is 13.2 Å². The number of ether oxygens (including phenoxy) is 2. The lowest BCUT2D eigenvalue weighted by Gasteiger charge is -2.33. The smallest absolute Gasteiger partial charge is 0.0672 e. The molecule has 1 rings (SSSR count). The molecule has 0 radical (unpaired) electrons. The minimum Gasteiger partial charge on any atom is -0.380 e. The largest absolute Gasteiger partial charge is 0.380 e. The topological polar surface area (TPSA) is 60.6 Å². The predicted molar refractivity (Wildman–Crippen MR) is 85.2 cm³/mol. The summed E-state index contributed by atoms with van der Waals surface area (Å²) in [6.07, 6.45) is 1.81. The zero-order valence-corrected chi connectivity index (χ0v) is 13.5. The van der Waals surface area contributed by atoms with Gasteiger partial charge >= 0.3 is 0 Å². The molecule has 5 heteroatoms. The number of aromatic nitrogens is 1. The summed E-state index contributed by atoms with van der Waals surface area (Å²) < 4.78 is 11.0. The molecule has 0 aliphatic rings. The van der Waals surface area contributed by atoms with E-state index in [1.54, 1.807) is 0 Å². The third-order valence-electron chi connectivity index (χ3n) is 3.34. The summed E-state index contributed by atoms with van der Waals surface area (Å²) in [6.45, 7) is 10.5. The van der Waals surface area contributed by atoms with E-state index >= 15 is 0 Å². The van der Waals surface area contributed by atoms with E-state index in [1.807, 2.05) is 45.2 Å². The van der Waals surface area contributed by atoms with Crippen molar-refractivity contribution in [3.63, 3.8) is 0 Å². The molecule has 2 atom stereocenters. The van der Waals surface area contributed by atoms with Crippen LogP contribution >= 0.6 is 0 Å². The van der Waals surface area contributed by atoms with Crippen molar-refractivity contribution in [3.8, 4) is 0 Å². The highest BCUT2D eigenvalue weighted by Crippen LogP contribution is 2.21. The lowest BCUT2D eigenvalue weighted by molar-refractivity contribution is 0.0562. The Labute approximate surface area is 128 Å². The predicted octanol–water partition coefficient (Wildman–Crippen LogP) is 1.84. The van der Waals surface area contributed by atoms with Gasteiger partial charge in [0.05, 0.1) is 24.9 Å². The standard InChI is InChI=1S/C16H29N3O2/c1-4-20-12-10-19(11-13-21-5-2)16(14(3)17)15-8-6-7-9-18-15/h6-9,14,16H,4-5,10-13,17H2,1-3H3. The molecule has 0 aromatic carbocycles. The molecule has 5 nitrogen and oxygen atoms in total. The van der Waals surface area contributed by atoms with Crippen LogP contribution < -0.4 is 5.73 Å². The Bertz CT molecular complexity index is 350. The van der Waals surface area contributed by atoms with Crippen molar-refractivity contribution in [2.45, 2.75) is 32.9 Å². The lowest BCUT2D eigenvalue weighted by atomic mass is 10.0. The molecule has 0 saturated carbocycles. The SMILES string of the molecule is CCOCCN(CCOCC)C(c1ccccn1)C(C)N. The highest BCUT2D eigenvalue weighted by atomic mass is 16.5. The van der Waals surface area contributed by atoms with Crippen molar-refractivity contribution in [2.24, 2.45) is 5.73 Å². The van der Waals surface area contributed by atoms with Crippen LogP contribution in [-0.4, -0.2) is 55.4 Å². The number of hydrogen-bond donors (Lipinski definition) is 1. The average molecular weight is 295 g/mol. The summed E-state index contributed by atoms with van der Waals surface area (Å²) in [5.41, 5.74) is 7.22. The fourth-order valence-electron chi connectivity index (χ4n) is 2.38. The van der Waals surface area contributed by atoms with Gasteiger partial charge in [-0.15, -0.1) is 0 Å². The van der Waals surface area contributed by atoms with E-state index in [1.165, 1.54) is 0 Å². The molecular weight excluding hydrogens is 266 g/mol. The number of rotatable bonds is 11. The van der Waals surface area contributed by atoms with Crippen LogP contribution in [0.25, 0.3) is 0 Å². The molecule has 1 heterocycles. The Morgan fingerprint density at radius 3 is 2.19 bits per heavy atom. The van der Waals surface area contributed by atoms with Gasteiger partial charge in [0.1, 0.15) is 0 Å². The highest BCUT2D eigenvalue weighted by molar-refractivity contribution is 5.11. The number of hydrogen-bond acceptors (Lipinski definition) is 5. The maximum atomic E-state index is 6.21. The van der Waals surface area contributed by atoms with Crippen molar-refractivity contribution in [1.82, 2.24) is 9.88 Å². The normalized spacial score (nSPS) is 14.3. The molecule has 1 aromatic rings. The second kappa shape index (κ2) is 10.7. The van der Waals surface area contributed by atoms with E-state index in [4.69, 9.17) is 15.2 Å². The van der Waals surface area contributed by atoms with E-state index in [-0.39, 0.29) is 12.1 Å². The monoisotopic (exact) mass is 295 g/mol. The molecule has 120 valence electrons. The van der Waals surface area contributed by atoms with Crippen LogP contribution in [0.15, 0.2) is 24.4 Å². The van der Waals surface area contributed by atoms with Crippen molar-refractivity contribution in [3.05, 3.63) is 30.1 Å². The number of nitrogens with zero attached hydrogens (tertiary/aromatic N) is 2. The minimum atomic E-state index is -0.0110. The van der Waals surface area contributed by atoms with Gasteiger partial charge in [-0.25, -0.2) is 0 Å². The van der Waals surface area contributed by atoms with Crippen LogP contribution in [0.2, 0.25) is 0 Å². The molecule has 0 bridgehead atoms. The third-order valence-corrected chi connectivity index (χ3v) is 3.34. The fourth-order valence-corrected chi connectivity index (χ4v) is 2.38. The summed E-state index contributed by atoms with van der Waals surface area (Å²) in [6, 6.07) is 6.02. The molecule has 0 aliphatic carbocycles. The van der Waals surface area contributed by atoms with Crippen LogP contribution in [0.3, 0.4) is 0 Å². The van der Waals surface area contributed by atoms with Crippen LogP contribution in [0.5, 0.6) is 0 Å². The minimum absolute atomic E-state index is 0.0110. The third kappa shape index (κ3) is 6.52. The summed E-state index contributed by atoms with van der Waals surface area (Å²) in [5, 5.41) is 0. The first-order chi connectivity index (χ1) is 10.2. The Morgan fingerprint density at radius 2 is 1.76 bits per heavy atom. The molecule has 0 spiro atoms. The maximum absolute atomic E-state index is 6.21. The molecule has 21 heavy (non-hydrogen) atoms. The zero-order chi connectivity index (χ0) is 15.5. The highest BCUT2D eigenvalue weighted by Gasteiger charge is 2.24. The van der Waals surface area contributed by atoms with Crippen molar-refractivity contribution in [1.29, 1.82) is 0 Å². The first kappa shape index (κ1) is 18.0. The fraction of sp³-hybridized carbons (Fsp3) is 0.688. The van der Waals surface area contributed by atoms with E-state index < -0.39 is 0 Å². The average Bonchev–Trinajstić information content (AvgIpc) is 2.48. The van der Waals surface area contributed by atoms with Crippen LogP contribution in [0, 0.1) is 0 Å². The Morgan fingerprint density at radius 1 is 1.14 bits per heavy atom. The van der Waals surface area contributed by atoms with E-state index in [2.05, 4.69) is 9.88 Å². The molecular formula is C16H29N3O2. The van der Waals surface area contributed by atoms with Crippen molar-refractivity contribution >= 4 is 0 Å². The Balaban J connectivity index is 2.78. The van der Waals surface area contributed by atoms with Gasteiger partial charge < -0.3 is 15.2 Å². The van der Waals surface area contributed by atoms with Crippen LogP contribution in [0.4, 0.5) is 0 Å².